The number of carbonyl (C=O) groups excluding carboxylic acids is 2. The van der Waals surface area contributed by atoms with Crippen LogP contribution < -0.4 is 4.74 Å². The van der Waals surface area contributed by atoms with Crippen molar-refractivity contribution in [3.05, 3.63) is 90.1 Å². The van der Waals surface area contributed by atoms with E-state index in [1.165, 1.54) is 24.3 Å². The smallest absolute Gasteiger partial charge is 0.460 e. The molecule has 3 aromatic carbocycles. The molecule has 0 spiro atoms. The Morgan fingerprint density at radius 2 is 1.62 bits per heavy atom. The Balaban J connectivity index is 1.84. The molecule has 0 aliphatic heterocycles. The van der Waals surface area contributed by atoms with Crippen LogP contribution in [-0.4, -0.2) is 29.3 Å². The van der Waals surface area contributed by atoms with Crippen molar-refractivity contribution < 1.29 is 32.2 Å². The van der Waals surface area contributed by atoms with Gasteiger partial charge in [0.1, 0.15) is 5.75 Å². The first kappa shape index (κ1) is 23.1. The molecule has 0 radical (unpaired) electrons. The molecular weight excluding hydrogens is 447 g/mol. The van der Waals surface area contributed by atoms with Crippen LogP contribution in [-0.2, 0) is 16.1 Å². The Labute approximate surface area is 193 Å². The Morgan fingerprint density at radius 1 is 0.912 bits per heavy atom. The second-order valence-electron chi connectivity index (χ2n) is 7.48. The molecule has 5 nitrogen and oxygen atoms in total. The maximum Gasteiger partial charge on any atom is 0.573 e. The summed E-state index contributed by atoms with van der Waals surface area (Å²) in [6.07, 6.45) is -3.18. The predicted molar refractivity (Wildman–Crippen MR) is 121 cm³/mol. The zero-order valence-corrected chi connectivity index (χ0v) is 18.1. The van der Waals surface area contributed by atoms with Crippen LogP contribution in [0.1, 0.15) is 22.8 Å². The van der Waals surface area contributed by atoms with Crippen LogP contribution in [0.15, 0.2) is 79.0 Å². The fourth-order valence-corrected chi connectivity index (χ4v) is 3.82. The van der Waals surface area contributed by atoms with E-state index in [9.17, 15) is 22.8 Å². The summed E-state index contributed by atoms with van der Waals surface area (Å²) < 4.78 is 48.3. The van der Waals surface area contributed by atoms with Crippen LogP contribution in [0.5, 0.6) is 5.75 Å². The first-order chi connectivity index (χ1) is 16.3. The van der Waals surface area contributed by atoms with E-state index in [-0.39, 0.29) is 17.9 Å². The average molecular weight is 467 g/mol. The molecule has 0 amide bonds. The lowest BCUT2D eigenvalue weighted by Crippen LogP contribution is -2.17. The van der Waals surface area contributed by atoms with Crippen molar-refractivity contribution in [3.8, 4) is 16.9 Å². The van der Waals surface area contributed by atoms with Gasteiger partial charge in [-0.25, -0.2) is 4.79 Å². The number of hydrogen-bond donors (Lipinski definition) is 0. The number of ketones is 1. The van der Waals surface area contributed by atoms with E-state index in [4.69, 9.17) is 4.74 Å². The number of hydrogen-bond acceptors (Lipinski definition) is 4. The first-order valence-electron chi connectivity index (χ1n) is 10.5. The lowest BCUT2D eigenvalue weighted by molar-refractivity contribution is -0.274. The largest absolute Gasteiger partial charge is 0.573 e. The zero-order valence-electron chi connectivity index (χ0n) is 18.1. The van der Waals surface area contributed by atoms with Gasteiger partial charge in [-0.2, -0.15) is 0 Å². The van der Waals surface area contributed by atoms with Gasteiger partial charge in [-0.3, -0.25) is 4.79 Å². The fourth-order valence-electron chi connectivity index (χ4n) is 3.82. The molecule has 1 heterocycles. The quantitative estimate of drug-likeness (QED) is 0.190. The average Bonchev–Trinajstić information content (AvgIpc) is 3.17. The summed E-state index contributed by atoms with van der Waals surface area (Å²) in [4.78, 5) is 25.3. The molecule has 0 atom stereocenters. The SMILES string of the molecule is CCOC(=O)C(=O)c1cn(Cc2ccccc2)c2cccc(-c3ccc(OC(F)(F)F)cc3)c12. The molecule has 0 saturated carbocycles. The van der Waals surface area contributed by atoms with E-state index in [0.29, 0.717) is 28.6 Å². The number of Topliss-reactive ketones (excluding diaryl/α,β-unsaturated/α-hetero) is 1. The van der Waals surface area contributed by atoms with Crippen molar-refractivity contribution in [1.82, 2.24) is 4.57 Å². The van der Waals surface area contributed by atoms with Gasteiger partial charge >= 0.3 is 12.3 Å². The number of nitrogens with zero attached hydrogens (tertiary/aromatic N) is 1. The third kappa shape index (κ3) is 4.96. The highest BCUT2D eigenvalue weighted by atomic mass is 19.4. The maximum absolute atomic E-state index is 13.0. The van der Waals surface area contributed by atoms with E-state index in [2.05, 4.69) is 4.74 Å². The number of ether oxygens (including phenoxy) is 2. The number of alkyl halides is 3. The third-order valence-electron chi connectivity index (χ3n) is 5.21. The summed E-state index contributed by atoms with van der Waals surface area (Å²) in [5, 5.41) is 0.515. The van der Waals surface area contributed by atoms with Gasteiger partial charge in [0.2, 0.25) is 0 Å². The van der Waals surface area contributed by atoms with Crippen LogP contribution >= 0.6 is 0 Å². The van der Waals surface area contributed by atoms with Crippen molar-refractivity contribution in [2.45, 2.75) is 19.8 Å². The topological polar surface area (TPSA) is 57.5 Å². The molecule has 34 heavy (non-hydrogen) atoms. The number of benzene rings is 3. The van der Waals surface area contributed by atoms with Gasteiger partial charge in [0.25, 0.3) is 5.78 Å². The summed E-state index contributed by atoms with van der Waals surface area (Å²) in [6.45, 7) is 2.12. The first-order valence-corrected chi connectivity index (χ1v) is 10.5. The van der Waals surface area contributed by atoms with Gasteiger partial charge < -0.3 is 14.0 Å². The van der Waals surface area contributed by atoms with Crippen molar-refractivity contribution in [3.63, 3.8) is 0 Å². The molecule has 8 heteroatoms. The molecule has 0 aliphatic rings. The number of carbonyl (C=O) groups is 2. The van der Waals surface area contributed by atoms with E-state index in [1.807, 2.05) is 41.0 Å². The summed E-state index contributed by atoms with van der Waals surface area (Å²) in [6, 6.07) is 20.3. The lowest BCUT2D eigenvalue weighted by atomic mass is 9.97. The minimum atomic E-state index is -4.80. The van der Waals surface area contributed by atoms with E-state index in [1.54, 1.807) is 25.3 Å². The van der Waals surface area contributed by atoms with Crippen LogP contribution in [0.2, 0.25) is 0 Å². The molecule has 0 fully saturated rings. The van der Waals surface area contributed by atoms with Crippen LogP contribution in [0.25, 0.3) is 22.0 Å². The predicted octanol–water partition coefficient (Wildman–Crippen LogP) is 6.00. The number of rotatable bonds is 7. The van der Waals surface area contributed by atoms with Crippen molar-refractivity contribution in [2.75, 3.05) is 6.61 Å². The summed E-state index contributed by atoms with van der Waals surface area (Å²) >= 11 is 0. The minimum absolute atomic E-state index is 0.0563. The summed E-state index contributed by atoms with van der Waals surface area (Å²) in [5.74, 6) is -2.11. The third-order valence-corrected chi connectivity index (χ3v) is 5.21. The number of fused-ring (bicyclic) bond motifs is 1. The van der Waals surface area contributed by atoms with Crippen molar-refractivity contribution in [2.24, 2.45) is 0 Å². The van der Waals surface area contributed by atoms with Gasteiger partial charge in [-0.15, -0.1) is 13.2 Å². The lowest BCUT2D eigenvalue weighted by Gasteiger charge is -2.11. The molecule has 1 aromatic heterocycles. The highest BCUT2D eigenvalue weighted by Gasteiger charge is 2.31. The van der Waals surface area contributed by atoms with Gasteiger partial charge in [-0.1, -0.05) is 54.6 Å². The van der Waals surface area contributed by atoms with Crippen LogP contribution in [0.4, 0.5) is 13.2 Å². The highest BCUT2D eigenvalue weighted by Crippen LogP contribution is 2.35. The Kier molecular flexibility index (Phi) is 6.40. The van der Waals surface area contributed by atoms with E-state index >= 15 is 0 Å². The van der Waals surface area contributed by atoms with E-state index in [0.717, 1.165) is 5.56 Å². The fraction of sp³-hybridized carbons (Fsp3) is 0.154. The number of aromatic nitrogens is 1. The normalized spacial score (nSPS) is 11.4. The second kappa shape index (κ2) is 9.43. The zero-order chi connectivity index (χ0) is 24.3. The number of esters is 1. The second-order valence-corrected chi connectivity index (χ2v) is 7.48. The van der Waals surface area contributed by atoms with Gasteiger partial charge in [0, 0.05) is 23.6 Å². The molecule has 174 valence electrons. The Hall–Kier alpha value is -4.07. The molecule has 4 rings (SSSR count). The highest BCUT2D eigenvalue weighted by molar-refractivity contribution is 6.43. The Bertz CT molecular complexity index is 1330. The maximum atomic E-state index is 13.0. The molecule has 0 aliphatic carbocycles. The summed E-state index contributed by atoms with van der Waals surface area (Å²) in [5.41, 5.74) is 3.01. The van der Waals surface area contributed by atoms with Crippen molar-refractivity contribution in [1.29, 1.82) is 0 Å². The molecule has 0 unspecified atom stereocenters. The van der Waals surface area contributed by atoms with Gasteiger partial charge in [-0.05, 0) is 41.8 Å². The van der Waals surface area contributed by atoms with Gasteiger partial charge in [0.05, 0.1) is 12.2 Å². The van der Waals surface area contributed by atoms with E-state index < -0.39 is 18.1 Å². The summed E-state index contributed by atoms with van der Waals surface area (Å²) in [7, 11) is 0. The molecule has 0 saturated heterocycles. The molecular formula is C26H20F3NO4. The monoisotopic (exact) mass is 467 g/mol. The number of halogens is 3. The van der Waals surface area contributed by atoms with Crippen molar-refractivity contribution >= 4 is 22.7 Å². The van der Waals surface area contributed by atoms with Crippen LogP contribution in [0.3, 0.4) is 0 Å². The molecule has 4 aromatic rings. The standard InChI is InChI=1S/C26H20F3NO4/c1-2-33-25(32)24(31)21-16-30(15-17-7-4-3-5-8-17)22-10-6-9-20(23(21)22)18-11-13-19(14-12-18)34-26(27,28)29/h3-14,16H,2,15H2,1H3. The molecule has 0 bridgehead atoms. The van der Waals surface area contributed by atoms with Gasteiger partial charge in [0.15, 0.2) is 0 Å². The molecule has 0 N–H and O–H groups in total. The Morgan fingerprint density at radius 3 is 2.26 bits per heavy atom. The van der Waals surface area contributed by atoms with Crippen LogP contribution in [0, 0.1) is 0 Å². The minimum Gasteiger partial charge on any atom is -0.460 e.